The van der Waals surface area contributed by atoms with Crippen LogP contribution in [0.2, 0.25) is 0 Å². The highest BCUT2D eigenvalue weighted by molar-refractivity contribution is 7.99. The van der Waals surface area contributed by atoms with Crippen LogP contribution in [0, 0.1) is 0 Å². The molecule has 1 spiro atoms. The molecule has 0 fully saturated rings. The van der Waals surface area contributed by atoms with Crippen LogP contribution in [0.1, 0.15) is 22.3 Å². The number of fused-ring (bicyclic) bond motifs is 15. The second kappa shape index (κ2) is 20.1. The monoisotopic (exact) mass is 1160 g/mol. The van der Waals surface area contributed by atoms with Crippen molar-refractivity contribution in [1.29, 1.82) is 0 Å². The Kier molecular flexibility index (Phi) is 11.5. The summed E-state index contributed by atoms with van der Waals surface area (Å²) in [6, 6.07) is 99.0. The lowest BCUT2D eigenvalue weighted by Gasteiger charge is -2.40. The van der Waals surface area contributed by atoms with Crippen molar-refractivity contribution >= 4 is 65.2 Å². The highest BCUT2D eigenvalue weighted by Crippen LogP contribution is 2.64. The van der Waals surface area contributed by atoms with Gasteiger partial charge in [-0.05, 0) is 98.1 Å². The quantitative estimate of drug-likeness (QED) is 0.149. The van der Waals surface area contributed by atoms with E-state index in [1.165, 1.54) is 69.8 Å². The number of hydrogen-bond acceptors (Lipinski definition) is 9. The van der Waals surface area contributed by atoms with Gasteiger partial charge in [-0.15, -0.1) is 11.3 Å². The van der Waals surface area contributed by atoms with Gasteiger partial charge in [0.1, 0.15) is 11.2 Å². The third kappa shape index (κ3) is 7.91. The summed E-state index contributed by atoms with van der Waals surface area (Å²) in [4.78, 5) is 33.0. The van der Waals surface area contributed by atoms with Crippen LogP contribution in [0.4, 0.5) is 0 Å². The molecule has 0 saturated heterocycles. The van der Waals surface area contributed by atoms with E-state index in [9.17, 15) is 0 Å². The summed E-state index contributed by atoms with van der Waals surface area (Å²) >= 11 is 3.69. The van der Waals surface area contributed by atoms with Crippen molar-refractivity contribution in [3.05, 3.63) is 301 Å². The lowest BCUT2D eigenvalue weighted by molar-refractivity contribution is 0.669. The van der Waals surface area contributed by atoms with Gasteiger partial charge in [-0.25, -0.2) is 29.9 Å². The van der Waals surface area contributed by atoms with E-state index in [2.05, 4.69) is 170 Å². The predicted molar refractivity (Wildman–Crippen MR) is 358 cm³/mol. The third-order valence-corrected chi connectivity index (χ3v) is 19.9. The Bertz CT molecular complexity index is 5380. The molecule has 1 aliphatic carbocycles. The van der Waals surface area contributed by atoms with Gasteiger partial charge in [-0.1, -0.05) is 248 Å². The van der Waals surface area contributed by atoms with Crippen molar-refractivity contribution in [1.82, 2.24) is 29.9 Å². The molecule has 0 bridgehead atoms. The summed E-state index contributed by atoms with van der Waals surface area (Å²) in [6.45, 7) is 0. The molecule has 0 N–H and O–H groups in total. The second-order valence-electron chi connectivity index (χ2n) is 22.4. The number of nitrogens with zero attached hydrogens (tertiary/aromatic N) is 6. The topological polar surface area (TPSA) is 90.5 Å². The van der Waals surface area contributed by atoms with Crippen LogP contribution in [0.5, 0.6) is 0 Å². The van der Waals surface area contributed by atoms with Crippen molar-refractivity contribution < 1.29 is 4.42 Å². The third-order valence-electron chi connectivity index (χ3n) is 17.5. The minimum absolute atomic E-state index is 0.578. The van der Waals surface area contributed by atoms with Crippen LogP contribution < -0.4 is 0 Å². The van der Waals surface area contributed by atoms with Gasteiger partial charge in [-0.3, -0.25) is 0 Å². The van der Waals surface area contributed by atoms with Gasteiger partial charge in [0.15, 0.2) is 34.9 Å². The Morgan fingerprint density at radius 3 is 1.45 bits per heavy atom. The van der Waals surface area contributed by atoms with Gasteiger partial charge < -0.3 is 4.42 Å². The lowest BCUT2D eigenvalue weighted by Crippen LogP contribution is -2.32. The average molecular weight is 1160 g/mol. The molecule has 7 nitrogen and oxygen atoms in total. The summed E-state index contributed by atoms with van der Waals surface area (Å²) in [7, 11) is 0. The van der Waals surface area contributed by atoms with Crippen LogP contribution in [0.15, 0.2) is 293 Å². The molecular weight excluding hydrogens is 1110 g/mol. The zero-order valence-corrected chi connectivity index (χ0v) is 48.6. The van der Waals surface area contributed by atoms with E-state index in [4.69, 9.17) is 34.3 Å². The van der Waals surface area contributed by atoms with Gasteiger partial charge in [-0.2, -0.15) is 0 Å². The van der Waals surface area contributed by atoms with E-state index in [1.54, 1.807) is 11.3 Å². The van der Waals surface area contributed by atoms with E-state index in [-0.39, 0.29) is 0 Å². The second-order valence-corrected chi connectivity index (χ2v) is 24.5. The molecule has 9 heteroatoms. The number of thiophene rings is 1. The highest BCUT2D eigenvalue weighted by atomic mass is 32.2. The van der Waals surface area contributed by atoms with E-state index in [0.717, 1.165) is 71.1 Å². The molecule has 0 saturated carbocycles. The molecule has 16 aromatic rings. The summed E-state index contributed by atoms with van der Waals surface area (Å²) in [5, 5.41) is 4.35. The fraction of sp³-hybridized carbons (Fsp3) is 0.0127. The van der Waals surface area contributed by atoms with E-state index >= 15 is 0 Å². The number of aromatic nitrogens is 6. The lowest BCUT2D eigenvalue weighted by atomic mass is 9.67. The van der Waals surface area contributed by atoms with E-state index in [0.29, 0.717) is 34.9 Å². The molecule has 0 amide bonds. The maximum absolute atomic E-state index is 6.79. The molecule has 1 unspecified atom stereocenters. The molecule has 0 radical (unpaired) electrons. The largest absolute Gasteiger partial charge is 0.456 e. The van der Waals surface area contributed by atoms with Gasteiger partial charge in [0.25, 0.3) is 0 Å². The smallest absolute Gasteiger partial charge is 0.165 e. The summed E-state index contributed by atoms with van der Waals surface area (Å²) in [5.74, 6) is 3.77. The molecule has 88 heavy (non-hydrogen) atoms. The van der Waals surface area contributed by atoms with Crippen molar-refractivity contribution in [2.45, 2.75) is 15.2 Å². The Hall–Kier alpha value is -11.0. The highest BCUT2D eigenvalue weighted by Gasteiger charge is 2.50. The van der Waals surface area contributed by atoms with Crippen LogP contribution >= 0.6 is 23.1 Å². The predicted octanol–water partition coefficient (Wildman–Crippen LogP) is 20.5. The molecule has 18 rings (SSSR count). The SMILES string of the molecule is c1ccc(-c2nc(-c3ccccc3)nc(-c3cccc4c3sc3cc(-c5cccc6c5Sc5ccccc5C65c6ccccc6-c6cc(-c7ccc8c(c7)oc7cccc(-c9nc(-c%10ccccc%10)nc(-c%10ccccc%10)n9)c78)ccc65)ccc34)n2)cc1. The fourth-order valence-electron chi connectivity index (χ4n) is 13.5. The average Bonchev–Trinajstić information content (AvgIpc) is 1.72. The zero-order valence-electron chi connectivity index (χ0n) is 47.0. The molecule has 1 atom stereocenters. The first-order valence-corrected chi connectivity index (χ1v) is 31.0. The maximum Gasteiger partial charge on any atom is 0.165 e. The first-order valence-electron chi connectivity index (χ1n) is 29.4. The summed E-state index contributed by atoms with van der Waals surface area (Å²) < 4.78 is 9.14. The first kappa shape index (κ1) is 50.4. The van der Waals surface area contributed by atoms with Crippen molar-refractivity contribution in [2.75, 3.05) is 0 Å². The Labute approximate surface area is 514 Å². The van der Waals surface area contributed by atoms with Crippen molar-refractivity contribution in [3.8, 4) is 102 Å². The number of hydrogen-bond donors (Lipinski definition) is 0. The van der Waals surface area contributed by atoms with Crippen LogP contribution in [-0.4, -0.2) is 29.9 Å². The van der Waals surface area contributed by atoms with Crippen LogP contribution in [-0.2, 0) is 5.41 Å². The van der Waals surface area contributed by atoms with Crippen LogP contribution in [0.3, 0.4) is 0 Å². The molecule has 410 valence electrons. The first-order chi connectivity index (χ1) is 43.6. The molecule has 12 aromatic carbocycles. The maximum atomic E-state index is 6.79. The van der Waals surface area contributed by atoms with Gasteiger partial charge in [0.05, 0.1) is 5.41 Å². The van der Waals surface area contributed by atoms with Gasteiger partial charge >= 0.3 is 0 Å². The van der Waals surface area contributed by atoms with E-state index in [1.807, 2.05) is 121 Å². The summed E-state index contributed by atoms with van der Waals surface area (Å²) in [5.41, 5.74) is 18.8. The van der Waals surface area contributed by atoms with E-state index < -0.39 is 5.41 Å². The standard InChI is InChI=1S/C79H46N6OS2/c1-5-20-47(21-6-1)73-80-74(48-22-7-2-8-23-48)83-77(82-73)59-31-19-36-66-70(59)58-42-38-52(45-67(58)86-66)51-40-43-63-61(44-51)55-28-13-14-33-62(55)79(63)64-34-15-16-37-68(64)87-72-54(29-18-35-65(72)79)53-39-41-56-57-30-17-32-60(71(57)88-69(56)46-53)78-84-75(49-24-9-3-10-25-49)81-76(85-78)50-26-11-4-12-27-50/h1-46H. The fourth-order valence-corrected chi connectivity index (χ4v) is 16.1. The number of furan rings is 1. The van der Waals surface area contributed by atoms with Crippen molar-refractivity contribution in [3.63, 3.8) is 0 Å². The van der Waals surface area contributed by atoms with Crippen LogP contribution in [0.25, 0.3) is 144 Å². The normalized spacial score (nSPS) is 13.9. The number of rotatable bonds is 8. The molecular formula is C79H46N6OS2. The Balaban J connectivity index is 0.746. The summed E-state index contributed by atoms with van der Waals surface area (Å²) in [6.07, 6.45) is 0. The minimum Gasteiger partial charge on any atom is -0.456 e. The Morgan fingerprint density at radius 2 is 0.773 bits per heavy atom. The van der Waals surface area contributed by atoms with Gasteiger partial charge in [0.2, 0.25) is 0 Å². The molecule has 2 aliphatic rings. The molecule has 4 aromatic heterocycles. The van der Waals surface area contributed by atoms with Gasteiger partial charge in [0, 0.05) is 74.1 Å². The number of benzene rings is 12. The molecule has 5 heterocycles. The minimum atomic E-state index is -0.578. The Morgan fingerprint density at radius 1 is 0.284 bits per heavy atom. The zero-order chi connectivity index (χ0) is 57.9. The molecule has 1 aliphatic heterocycles. The van der Waals surface area contributed by atoms with Crippen molar-refractivity contribution in [2.24, 2.45) is 0 Å².